The molecular weight excluding hydrogens is 324 g/mol. The van der Waals surface area contributed by atoms with E-state index in [4.69, 9.17) is 14.2 Å². The Balaban J connectivity index is 2.16. The molecule has 0 aromatic heterocycles. The van der Waals surface area contributed by atoms with Crippen LogP contribution < -0.4 is 0 Å². The third kappa shape index (κ3) is 10.6. The molecule has 0 aliphatic carbocycles. The number of rotatable bonds is 10. The number of morpholine rings is 1. The van der Waals surface area contributed by atoms with Crippen molar-refractivity contribution in [1.82, 2.24) is 9.80 Å². The average Bonchev–Trinajstić information content (AvgIpc) is 2.59. The first-order valence-corrected chi connectivity index (χ1v) is 8.70. The lowest BCUT2D eigenvalue weighted by Gasteiger charge is -2.28. The predicted molar refractivity (Wildman–Crippen MR) is 95.0 cm³/mol. The first kappa shape index (κ1) is 21.2. The molecule has 1 atom stereocenters. The van der Waals surface area contributed by atoms with Crippen LogP contribution in [0.1, 0.15) is 20.3 Å². The smallest absolute Gasteiger partial charge is 0.332 e. The van der Waals surface area contributed by atoms with Crippen LogP contribution in [0.15, 0.2) is 24.4 Å². The molecule has 142 valence electrons. The highest BCUT2D eigenvalue weighted by Crippen LogP contribution is 2.01. The Bertz CT molecular complexity index is 458. The van der Waals surface area contributed by atoms with E-state index in [1.165, 1.54) is 12.2 Å². The van der Waals surface area contributed by atoms with Gasteiger partial charge in [-0.3, -0.25) is 4.90 Å². The lowest BCUT2D eigenvalue weighted by Crippen LogP contribution is -2.39. The van der Waals surface area contributed by atoms with Gasteiger partial charge in [-0.2, -0.15) is 0 Å². The van der Waals surface area contributed by atoms with Crippen LogP contribution in [0.25, 0.3) is 0 Å². The molecular formula is C18H30N2O5. The van der Waals surface area contributed by atoms with Gasteiger partial charge in [0.1, 0.15) is 6.10 Å². The third-order valence-corrected chi connectivity index (χ3v) is 3.73. The summed E-state index contributed by atoms with van der Waals surface area (Å²) in [6.07, 6.45) is 6.27. The summed E-state index contributed by atoms with van der Waals surface area (Å²) in [4.78, 5) is 27.2. The number of hydrogen-bond acceptors (Lipinski definition) is 7. The van der Waals surface area contributed by atoms with Gasteiger partial charge in [0, 0.05) is 58.0 Å². The van der Waals surface area contributed by atoms with Crippen LogP contribution in [0.2, 0.25) is 0 Å². The SMILES string of the molecule is C/C=C/C(=O)OCCC(C)OC(=O)/C=C/N(C)CCN1CCOCC1. The van der Waals surface area contributed by atoms with Crippen LogP contribution >= 0.6 is 0 Å². The van der Waals surface area contributed by atoms with Crippen molar-refractivity contribution < 1.29 is 23.8 Å². The van der Waals surface area contributed by atoms with E-state index in [2.05, 4.69) is 4.90 Å². The summed E-state index contributed by atoms with van der Waals surface area (Å²) in [6, 6.07) is 0. The number of carbonyl (C=O) groups excluding carboxylic acids is 2. The fourth-order valence-corrected chi connectivity index (χ4v) is 2.19. The second-order valence-corrected chi connectivity index (χ2v) is 5.95. The zero-order chi connectivity index (χ0) is 18.5. The summed E-state index contributed by atoms with van der Waals surface area (Å²) in [5.41, 5.74) is 0. The zero-order valence-corrected chi connectivity index (χ0v) is 15.5. The lowest BCUT2D eigenvalue weighted by atomic mass is 10.3. The van der Waals surface area contributed by atoms with E-state index in [0.717, 1.165) is 39.4 Å². The molecule has 0 radical (unpaired) electrons. The maximum Gasteiger partial charge on any atom is 0.332 e. The van der Waals surface area contributed by atoms with Gasteiger partial charge in [0.15, 0.2) is 0 Å². The summed E-state index contributed by atoms with van der Waals surface area (Å²) in [6.45, 7) is 8.99. The zero-order valence-electron chi connectivity index (χ0n) is 15.5. The van der Waals surface area contributed by atoms with E-state index >= 15 is 0 Å². The Morgan fingerprint density at radius 1 is 1.24 bits per heavy atom. The minimum absolute atomic E-state index is 0.223. The standard InChI is InChI=1S/C18H30N2O5/c1-4-5-17(21)24-13-7-16(2)25-18(22)6-8-19(3)9-10-20-11-14-23-15-12-20/h4-6,8,16H,7,9-15H2,1-3H3/b5-4+,8-6+. The van der Waals surface area contributed by atoms with Crippen molar-refractivity contribution in [2.24, 2.45) is 0 Å². The van der Waals surface area contributed by atoms with Crippen LogP contribution in [0.3, 0.4) is 0 Å². The third-order valence-electron chi connectivity index (χ3n) is 3.73. The molecule has 0 N–H and O–H groups in total. The first-order chi connectivity index (χ1) is 12.0. The molecule has 7 heteroatoms. The van der Waals surface area contributed by atoms with E-state index in [1.54, 1.807) is 26.1 Å². The Hall–Kier alpha value is -1.86. The summed E-state index contributed by atoms with van der Waals surface area (Å²) >= 11 is 0. The van der Waals surface area contributed by atoms with Gasteiger partial charge in [-0.25, -0.2) is 9.59 Å². The molecule has 1 heterocycles. The van der Waals surface area contributed by atoms with E-state index in [-0.39, 0.29) is 18.7 Å². The van der Waals surface area contributed by atoms with E-state index in [0.29, 0.717) is 6.42 Å². The molecule has 0 aromatic rings. The van der Waals surface area contributed by atoms with E-state index < -0.39 is 5.97 Å². The Kier molecular flexibility index (Phi) is 10.6. The summed E-state index contributed by atoms with van der Waals surface area (Å²) in [5.74, 6) is -0.784. The number of hydrogen-bond donors (Lipinski definition) is 0. The molecule has 0 amide bonds. The second kappa shape index (κ2) is 12.5. The topological polar surface area (TPSA) is 68.3 Å². The molecule has 1 rings (SSSR count). The van der Waals surface area contributed by atoms with Gasteiger partial charge in [0.05, 0.1) is 19.8 Å². The highest BCUT2D eigenvalue weighted by Gasteiger charge is 2.11. The predicted octanol–water partition coefficient (Wildman–Crippen LogP) is 1.21. The van der Waals surface area contributed by atoms with Crippen molar-refractivity contribution in [2.45, 2.75) is 26.4 Å². The maximum atomic E-state index is 11.8. The van der Waals surface area contributed by atoms with Gasteiger partial charge in [-0.05, 0) is 13.8 Å². The highest BCUT2D eigenvalue weighted by molar-refractivity contribution is 5.82. The largest absolute Gasteiger partial charge is 0.462 e. The van der Waals surface area contributed by atoms with Gasteiger partial charge >= 0.3 is 11.9 Å². The average molecular weight is 354 g/mol. The number of likely N-dealkylation sites (N-methyl/N-ethyl adjacent to an activating group) is 1. The molecule has 0 spiro atoms. The van der Waals surface area contributed by atoms with Gasteiger partial charge in [0.2, 0.25) is 0 Å². The van der Waals surface area contributed by atoms with Crippen LogP contribution in [-0.4, -0.2) is 80.9 Å². The van der Waals surface area contributed by atoms with Crippen LogP contribution in [0.5, 0.6) is 0 Å². The number of nitrogens with zero attached hydrogens (tertiary/aromatic N) is 2. The quantitative estimate of drug-likeness (QED) is 0.431. The molecule has 0 bridgehead atoms. The van der Waals surface area contributed by atoms with E-state index in [1.807, 2.05) is 11.9 Å². The van der Waals surface area contributed by atoms with Crippen LogP contribution in [0, 0.1) is 0 Å². The number of carbonyl (C=O) groups is 2. The molecule has 0 saturated carbocycles. The lowest BCUT2D eigenvalue weighted by molar-refractivity contribution is -0.144. The van der Waals surface area contributed by atoms with Crippen LogP contribution in [-0.2, 0) is 23.8 Å². The monoisotopic (exact) mass is 354 g/mol. The van der Waals surface area contributed by atoms with Crippen molar-refractivity contribution in [3.05, 3.63) is 24.4 Å². The molecule has 0 aromatic carbocycles. The summed E-state index contributed by atoms with van der Waals surface area (Å²) in [5, 5.41) is 0. The maximum absolute atomic E-state index is 11.8. The summed E-state index contributed by atoms with van der Waals surface area (Å²) < 4.78 is 15.5. The van der Waals surface area contributed by atoms with Gasteiger partial charge in [-0.1, -0.05) is 6.08 Å². The first-order valence-electron chi connectivity index (χ1n) is 8.70. The van der Waals surface area contributed by atoms with Crippen molar-refractivity contribution >= 4 is 11.9 Å². The molecule has 1 unspecified atom stereocenters. The summed E-state index contributed by atoms with van der Waals surface area (Å²) in [7, 11) is 1.92. The molecule has 1 fully saturated rings. The van der Waals surface area contributed by atoms with Gasteiger partial charge in [0.25, 0.3) is 0 Å². The Morgan fingerprint density at radius 2 is 1.96 bits per heavy atom. The fraction of sp³-hybridized carbons (Fsp3) is 0.667. The van der Waals surface area contributed by atoms with Crippen LogP contribution in [0.4, 0.5) is 0 Å². The van der Waals surface area contributed by atoms with Crippen molar-refractivity contribution in [1.29, 1.82) is 0 Å². The van der Waals surface area contributed by atoms with Gasteiger partial charge in [-0.15, -0.1) is 0 Å². The normalized spacial score (nSPS) is 16.9. The van der Waals surface area contributed by atoms with Crippen molar-refractivity contribution in [3.63, 3.8) is 0 Å². The fourth-order valence-electron chi connectivity index (χ4n) is 2.19. The molecule has 1 saturated heterocycles. The number of allylic oxidation sites excluding steroid dienone is 1. The molecule has 1 aliphatic heterocycles. The molecule has 25 heavy (non-hydrogen) atoms. The van der Waals surface area contributed by atoms with E-state index in [9.17, 15) is 9.59 Å². The second-order valence-electron chi connectivity index (χ2n) is 5.95. The minimum atomic E-state index is -0.398. The van der Waals surface area contributed by atoms with Crippen molar-refractivity contribution in [3.8, 4) is 0 Å². The minimum Gasteiger partial charge on any atom is -0.462 e. The van der Waals surface area contributed by atoms with Crippen molar-refractivity contribution in [2.75, 3.05) is 53.0 Å². The Labute approximate surface area is 150 Å². The molecule has 1 aliphatic rings. The number of esters is 2. The highest BCUT2D eigenvalue weighted by atomic mass is 16.6. The number of ether oxygens (including phenoxy) is 3. The Morgan fingerprint density at radius 3 is 2.64 bits per heavy atom. The van der Waals surface area contributed by atoms with Gasteiger partial charge < -0.3 is 19.1 Å². The molecule has 7 nitrogen and oxygen atoms in total.